The summed E-state index contributed by atoms with van der Waals surface area (Å²) in [7, 11) is 0. The van der Waals surface area contributed by atoms with E-state index < -0.39 is 0 Å². The van der Waals surface area contributed by atoms with E-state index in [1.807, 2.05) is 4.90 Å². The molecule has 112 valence electrons. The standard InChI is InChI=1S/C14H20Cl2N2OS/c15-9-2-1-3-10(6-9)18-8-17-12(14(18)19)7-11-4-5-13(16)20-11/h7,9-11,13,17H,1-6,8H2/b12-7-. The topological polar surface area (TPSA) is 32.3 Å². The van der Waals surface area contributed by atoms with Gasteiger partial charge < -0.3 is 10.2 Å². The fourth-order valence-corrected chi connectivity index (χ4v) is 5.24. The van der Waals surface area contributed by atoms with Gasteiger partial charge in [-0.15, -0.1) is 35.0 Å². The van der Waals surface area contributed by atoms with Crippen molar-refractivity contribution in [1.29, 1.82) is 0 Å². The molecule has 6 heteroatoms. The third-order valence-electron chi connectivity index (χ3n) is 4.31. The first-order chi connectivity index (χ1) is 9.63. The van der Waals surface area contributed by atoms with Crippen molar-refractivity contribution in [3.63, 3.8) is 0 Å². The third kappa shape index (κ3) is 3.23. The largest absolute Gasteiger partial charge is 0.363 e. The van der Waals surface area contributed by atoms with Gasteiger partial charge in [0.2, 0.25) is 0 Å². The average molecular weight is 335 g/mol. The van der Waals surface area contributed by atoms with Crippen molar-refractivity contribution in [2.45, 2.75) is 59.9 Å². The predicted octanol–water partition coefficient (Wildman–Crippen LogP) is 3.27. The molecule has 1 saturated carbocycles. The van der Waals surface area contributed by atoms with Crippen LogP contribution in [0.1, 0.15) is 38.5 Å². The van der Waals surface area contributed by atoms with E-state index >= 15 is 0 Å². The summed E-state index contributed by atoms with van der Waals surface area (Å²) in [6, 6.07) is 0.300. The molecular formula is C14H20Cl2N2OS. The van der Waals surface area contributed by atoms with Crippen LogP contribution in [0.5, 0.6) is 0 Å². The van der Waals surface area contributed by atoms with Gasteiger partial charge in [-0.25, -0.2) is 0 Å². The molecule has 3 fully saturated rings. The van der Waals surface area contributed by atoms with Gasteiger partial charge in [0.1, 0.15) is 0 Å². The van der Waals surface area contributed by atoms with Gasteiger partial charge in [0.25, 0.3) is 5.91 Å². The molecule has 4 unspecified atom stereocenters. The highest BCUT2D eigenvalue weighted by Gasteiger charge is 2.35. The molecule has 0 aromatic carbocycles. The van der Waals surface area contributed by atoms with E-state index in [-0.39, 0.29) is 16.0 Å². The quantitative estimate of drug-likeness (QED) is 0.621. The van der Waals surface area contributed by atoms with Crippen molar-refractivity contribution in [3.05, 3.63) is 11.8 Å². The Bertz CT molecular complexity index is 418. The molecule has 4 atom stereocenters. The predicted molar refractivity (Wildman–Crippen MR) is 85.1 cm³/mol. The second-order valence-electron chi connectivity index (χ2n) is 5.77. The molecule has 3 nitrogen and oxygen atoms in total. The monoisotopic (exact) mass is 334 g/mol. The normalized spacial score (nSPS) is 40.4. The van der Waals surface area contributed by atoms with Gasteiger partial charge in [0.05, 0.1) is 17.1 Å². The highest BCUT2D eigenvalue weighted by Crippen LogP contribution is 2.37. The zero-order valence-electron chi connectivity index (χ0n) is 11.4. The molecule has 0 aromatic rings. The number of nitrogens with zero attached hydrogens (tertiary/aromatic N) is 1. The summed E-state index contributed by atoms with van der Waals surface area (Å²) < 4.78 is 0.194. The molecule has 2 aliphatic heterocycles. The van der Waals surface area contributed by atoms with Crippen LogP contribution in [0, 0.1) is 0 Å². The van der Waals surface area contributed by atoms with Crippen LogP contribution in [0.4, 0.5) is 0 Å². The van der Waals surface area contributed by atoms with Crippen LogP contribution in [-0.4, -0.2) is 38.9 Å². The first-order valence-electron chi connectivity index (χ1n) is 7.34. The van der Waals surface area contributed by atoms with Crippen LogP contribution in [0.25, 0.3) is 0 Å². The van der Waals surface area contributed by atoms with Crippen molar-refractivity contribution in [2.75, 3.05) is 6.67 Å². The second-order valence-corrected chi connectivity index (χ2v) is 8.62. The maximum Gasteiger partial charge on any atom is 0.271 e. The maximum absolute atomic E-state index is 12.5. The van der Waals surface area contributed by atoms with Crippen molar-refractivity contribution < 1.29 is 4.79 Å². The molecule has 3 rings (SSSR count). The Hall–Kier alpha value is -0.0600. The fourth-order valence-electron chi connectivity index (χ4n) is 3.22. The summed E-state index contributed by atoms with van der Waals surface area (Å²) in [6.07, 6.45) is 8.34. The van der Waals surface area contributed by atoms with Crippen molar-refractivity contribution in [3.8, 4) is 0 Å². The summed E-state index contributed by atoms with van der Waals surface area (Å²) in [6.45, 7) is 0.626. The molecule has 2 saturated heterocycles. The maximum atomic E-state index is 12.5. The van der Waals surface area contributed by atoms with Gasteiger partial charge in [-0.3, -0.25) is 4.79 Å². The van der Waals surface area contributed by atoms with Crippen molar-refractivity contribution in [2.24, 2.45) is 0 Å². The Balaban J connectivity index is 1.63. The Kier molecular flexibility index (Phi) is 4.73. The number of rotatable bonds is 2. The molecule has 0 bridgehead atoms. The minimum Gasteiger partial charge on any atom is -0.363 e. The Morgan fingerprint density at radius 2 is 2.10 bits per heavy atom. The van der Waals surface area contributed by atoms with E-state index in [9.17, 15) is 4.79 Å². The van der Waals surface area contributed by atoms with Crippen LogP contribution in [0.15, 0.2) is 11.8 Å². The van der Waals surface area contributed by atoms with Crippen LogP contribution in [0.3, 0.4) is 0 Å². The number of carbonyl (C=O) groups is 1. The lowest BCUT2D eigenvalue weighted by Crippen LogP contribution is -2.40. The minimum absolute atomic E-state index is 0.138. The molecule has 2 heterocycles. The Morgan fingerprint density at radius 1 is 1.25 bits per heavy atom. The van der Waals surface area contributed by atoms with E-state index in [4.69, 9.17) is 23.2 Å². The molecule has 0 spiro atoms. The van der Waals surface area contributed by atoms with Crippen LogP contribution < -0.4 is 5.32 Å². The van der Waals surface area contributed by atoms with E-state index in [0.717, 1.165) is 44.2 Å². The zero-order chi connectivity index (χ0) is 14.1. The average Bonchev–Trinajstić information content (AvgIpc) is 2.98. The first-order valence-corrected chi connectivity index (χ1v) is 9.15. The number of thioether (sulfide) groups is 1. The molecule has 20 heavy (non-hydrogen) atoms. The smallest absolute Gasteiger partial charge is 0.271 e. The molecular weight excluding hydrogens is 315 g/mol. The minimum atomic E-state index is 0.138. The molecule has 1 aliphatic carbocycles. The number of nitrogens with one attached hydrogen (secondary N) is 1. The SMILES string of the molecule is O=C1/C(=C/C2CCC(Cl)S2)NCN1C1CCCC(Cl)C1. The highest BCUT2D eigenvalue weighted by atomic mass is 35.5. The molecule has 3 aliphatic rings. The third-order valence-corrected chi connectivity index (χ3v) is 6.48. The van der Waals surface area contributed by atoms with Gasteiger partial charge in [-0.05, 0) is 44.6 Å². The van der Waals surface area contributed by atoms with Crippen molar-refractivity contribution in [1.82, 2.24) is 10.2 Å². The van der Waals surface area contributed by atoms with Crippen LogP contribution in [-0.2, 0) is 4.79 Å². The van der Waals surface area contributed by atoms with E-state index in [1.165, 1.54) is 0 Å². The summed E-state index contributed by atoms with van der Waals surface area (Å²) in [5, 5.41) is 3.84. The molecule has 0 radical (unpaired) electrons. The number of alkyl halides is 2. The van der Waals surface area contributed by atoms with Crippen molar-refractivity contribution >= 4 is 40.9 Å². The van der Waals surface area contributed by atoms with Crippen LogP contribution in [0.2, 0.25) is 0 Å². The zero-order valence-corrected chi connectivity index (χ0v) is 13.7. The number of amides is 1. The number of halogens is 2. The van der Waals surface area contributed by atoms with E-state index in [0.29, 0.717) is 18.0 Å². The lowest BCUT2D eigenvalue weighted by molar-refractivity contribution is -0.127. The van der Waals surface area contributed by atoms with Gasteiger partial charge in [-0.2, -0.15) is 0 Å². The van der Waals surface area contributed by atoms with Gasteiger partial charge in [-0.1, -0.05) is 0 Å². The number of hydrogen-bond acceptors (Lipinski definition) is 3. The first kappa shape index (κ1) is 14.9. The molecule has 0 aromatic heterocycles. The number of carbonyl (C=O) groups excluding carboxylic acids is 1. The van der Waals surface area contributed by atoms with Gasteiger partial charge in [0, 0.05) is 16.7 Å². The fraction of sp³-hybridized carbons (Fsp3) is 0.786. The highest BCUT2D eigenvalue weighted by molar-refractivity contribution is 8.02. The second kappa shape index (κ2) is 6.37. The Morgan fingerprint density at radius 3 is 2.80 bits per heavy atom. The summed E-state index contributed by atoms with van der Waals surface area (Å²) in [5.41, 5.74) is 0.755. The lowest BCUT2D eigenvalue weighted by Gasteiger charge is -2.32. The summed E-state index contributed by atoms with van der Waals surface area (Å²) in [4.78, 5) is 14.4. The summed E-state index contributed by atoms with van der Waals surface area (Å²) >= 11 is 14.1. The summed E-state index contributed by atoms with van der Waals surface area (Å²) in [5.74, 6) is 0.138. The van der Waals surface area contributed by atoms with E-state index in [1.54, 1.807) is 11.8 Å². The van der Waals surface area contributed by atoms with E-state index in [2.05, 4.69) is 11.4 Å². The number of hydrogen-bond donors (Lipinski definition) is 1. The van der Waals surface area contributed by atoms with Crippen LogP contribution >= 0.6 is 35.0 Å². The van der Waals surface area contributed by atoms with Gasteiger partial charge in [0.15, 0.2) is 0 Å². The molecule has 1 N–H and O–H groups in total. The molecule has 1 amide bonds. The Labute approximate surface area is 134 Å². The lowest BCUT2D eigenvalue weighted by atomic mass is 9.94. The van der Waals surface area contributed by atoms with Gasteiger partial charge >= 0.3 is 0 Å².